The third-order valence-corrected chi connectivity index (χ3v) is 5.06. The summed E-state index contributed by atoms with van der Waals surface area (Å²) in [5.74, 6) is 0.495. The molecule has 7 heteroatoms. The number of aryl methyl sites for hydroxylation is 2. The van der Waals surface area contributed by atoms with Crippen LogP contribution in [0, 0.1) is 13.8 Å². The molecule has 1 heterocycles. The van der Waals surface area contributed by atoms with Crippen molar-refractivity contribution < 1.29 is 9.59 Å². The summed E-state index contributed by atoms with van der Waals surface area (Å²) in [4.78, 5) is 24.9. The Morgan fingerprint density at radius 2 is 1.93 bits per heavy atom. The normalized spacial score (nSPS) is 13.3. The number of amides is 1. The van der Waals surface area contributed by atoms with Gasteiger partial charge in [-0.1, -0.05) is 29.8 Å². The van der Waals surface area contributed by atoms with Gasteiger partial charge in [-0.05, 0) is 60.9 Å². The predicted octanol–water partition coefficient (Wildman–Crippen LogP) is 3.89. The van der Waals surface area contributed by atoms with Crippen molar-refractivity contribution in [2.45, 2.75) is 45.6 Å². The first kappa shape index (κ1) is 19.0. The third-order valence-electron chi connectivity index (χ3n) is 5.06. The molecule has 1 aliphatic carbocycles. The third kappa shape index (κ3) is 4.39. The number of carbonyl (C=O) groups is 2. The lowest BCUT2D eigenvalue weighted by Gasteiger charge is -2.09. The first-order valence-corrected chi connectivity index (χ1v) is 9.80. The van der Waals surface area contributed by atoms with Crippen molar-refractivity contribution in [1.82, 2.24) is 20.2 Å². The van der Waals surface area contributed by atoms with Crippen molar-refractivity contribution in [3.8, 4) is 11.4 Å². The van der Waals surface area contributed by atoms with Crippen LogP contribution in [0.4, 0.5) is 5.69 Å². The Hall–Kier alpha value is -3.35. The molecular weight excluding hydrogens is 366 g/mol. The zero-order valence-corrected chi connectivity index (χ0v) is 16.6. The fourth-order valence-corrected chi connectivity index (χ4v) is 3.31. The highest BCUT2D eigenvalue weighted by molar-refractivity contribution is 6.01. The molecule has 148 valence electrons. The van der Waals surface area contributed by atoms with Gasteiger partial charge in [0.15, 0.2) is 11.6 Å². The van der Waals surface area contributed by atoms with E-state index >= 15 is 0 Å². The van der Waals surface area contributed by atoms with Gasteiger partial charge in [0.2, 0.25) is 5.91 Å². The quantitative estimate of drug-likeness (QED) is 0.619. The SMILES string of the molecule is Cc1ccc(C)c(C(=O)CCC(=O)Nc2cccc(-c3nnnn3C3CC3)c2)c1. The van der Waals surface area contributed by atoms with Crippen LogP contribution < -0.4 is 5.32 Å². The molecule has 0 aliphatic heterocycles. The molecule has 1 saturated carbocycles. The van der Waals surface area contributed by atoms with E-state index in [0.717, 1.165) is 29.5 Å². The Kier molecular flexibility index (Phi) is 5.20. The van der Waals surface area contributed by atoms with Crippen LogP contribution in [0.2, 0.25) is 0 Å². The zero-order chi connectivity index (χ0) is 20.4. The van der Waals surface area contributed by atoms with Gasteiger partial charge in [-0.3, -0.25) is 9.59 Å². The zero-order valence-electron chi connectivity index (χ0n) is 16.6. The number of hydrogen-bond acceptors (Lipinski definition) is 5. The number of ketones is 1. The van der Waals surface area contributed by atoms with Crippen LogP contribution in [-0.4, -0.2) is 31.9 Å². The first-order valence-electron chi connectivity index (χ1n) is 9.80. The summed E-state index contributed by atoms with van der Waals surface area (Å²) in [5, 5.41) is 14.8. The first-order chi connectivity index (χ1) is 14.0. The number of carbonyl (C=O) groups excluding carboxylic acids is 2. The van der Waals surface area contributed by atoms with Crippen LogP contribution in [0.25, 0.3) is 11.4 Å². The lowest BCUT2D eigenvalue weighted by atomic mass is 9.99. The van der Waals surface area contributed by atoms with Crippen LogP contribution in [0.5, 0.6) is 0 Å². The topological polar surface area (TPSA) is 89.8 Å². The van der Waals surface area contributed by atoms with E-state index in [4.69, 9.17) is 0 Å². The van der Waals surface area contributed by atoms with Crippen molar-refractivity contribution in [2.24, 2.45) is 0 Å². The summed E-state index contributed by atoms with van der Waals surface area (Å²) < 4.78 is 1.84. The van der Waals surface area contributed by atoms with Gasteiger partial charge in [-0.2, -0.15) is 0 Å². The Labute approximate surface area is 169 Å². The smallest absolute Gasteiger partial charge is 0.224 e. The molecular formula is C22H23N5O2. The van der Waals surface area contributed by atoms with Crippen molar-refractivity contribution in [2.75, 3.05) is 5.32 Å². The van der Waals surface area contributed by atoms with Gasteiger partial charge in [-0.15, -0.1) is 5.10 Å². The molecule has 1 amide bonds. The molecule has 3 aromatic rings. The molecule has 0 atom stereocenters. The van der Waals surface area contributed by atoms with Gasteiger partial charge in [0.25, 0.3) is 0 Å². The molecule has 1 fully saturated rings. The number of nitrogens with one attached hydrogen (secondary N) is 1. The van der Waals surface area contributed by atoms with Crippen molar-refractivity contribution in [3.63, 3.8) is 0 Å². The molecule has 1 aliphatic rings. The van der Waals surface area contributed by atoms with Gasteiger partial charge in [0, 0.05) is 29.7 Å². The molecule has 0 spiro atoms. The van der Waals surface area contributed by atoms with E-state index in [1.54, 1.807) is 0 Å². The van der Waals surface area contributed by atoms with Gasteiger partial charge in [0.1, 0.15) is 0 Å². The summed E-state index contributed by atoms with van der Waals surface area (Å²) in [5.41, 5.74) is 4.17. The van der Waals surface area contributed by atoms with E-state index in [2.05, 4.69) is 20.8 Å². The number of Topliss-reactive ketones (excluding diaryl/α,β-unsaturated/α-hetero) is 1. The van der Waals surface area contributed by atoms with E-state index in [9.17, 15) is 9.59 Å². The average Bonchev–Trinajstić information content (AvgIpc) is 3.44. The van der Waals surface area contributed by atoms with Gasteiger partial charge in [0.05, 0.1) is 6.04 Å². The molecule has 2 aromatic carbocycles. The molecule has 4 rings (SSSR count). The minimum Gasteiger partial charge on any atom is -0.326 e. The van der Waals surface area contributed by atoms with Crippen LogP contribution in [-0.2, 0) is 4.79 Å². The molecule has 0 saturated heterocycles. The van der Waals surface area contributed by atoms with Crippen molar-refractivity contribution in [3.05, 3.63) is 59.2 Å². The Balaban J connectivity index is 1.39. The summed E-state index contributed by atoms with van der Waals surface area (Å²) >= 11 is 0. The molecule has 1 aromatic heterocycles. The highest BCUT2D eigenvalue weighted by atomic mass is 16.2. The largest absolute Gasteiger partial charge is 0.326 e. The van der Waals surface area contributed by atoms with Crippen molar-refractivity contribution in [1.29, 1.82) is 0 Å². The summed E-state index contributed by atoms with van der Waals surface area (Å²) in [6.45, 7) is 3.86. The summed E-state index contributed by atoms with van der Waals surface area (Å²) in [6.07, 6.45) is 2.48. The van der Waals surface area contributed by atoms with Gasteiger partial charge >= 0.3 is 0 Å². The standard InChI is InChI=1S/C22H23N5O2/c1-14-6-7-15(2)19(12-14)20(28)10-11-21(29)23-17-5-3-4-16(13-17)22-24-25-26-27(22)18-8-9-18/h3-7,12-13,18H,8-11H2,1-2H3,(H,23,29). The number of aromatic nitrogens is 4. The number of nitrogens with zero attached hydrogens (tertiary/aromatic N) is 4. The van der Waals surface area contributed by atoms with Gasteiger partial charge in [-0.25, -0.2) is 4.68 Å². The number of anilines is 1. The van der Waals surface area contributed by atoms with Crippen molar-refractivity contribution >= 4 is 17.4 Å². The lowest BCUT2D eigenvalue weighted by Crippen LogP contribution is -2.14. The highest BCUT2D eigenvalue weighted by Gasteiger charge is 2.28. The Morgan fingerprint density at radius 1 is 1.10 bits per heavy atom. The fourth-order valence-electron chi connectivity index (χ4n) is 3.31. The van der Waals surface area contributed by atoms with Gasteiger partial charge < -0.3 is 5.32 Å². The average molecular weight is 389 g/mol. The second-order valence-electron chi connectivity index (χ2n) is 7.55. The number of tetrazole rings is 1. The maximum absolute atomic E-state index is 12.5. The summed E-state index contributed by atoms with van der Waals surface area (Å²) in [6, 6.07) is 13.6. The van der Waals surface area contributed by atoms with E-state index in [0.29, 0.717) is 23.1 Å². The Bertz CT molecular complexity index is 1070. The number of benzene rings is 2. The van der Waals surface area contributed by atoms with Crippen LogP contribution in [0.1, 0.15) is 53.2 Å². The van der Waals surface area contributed by atoms with Crippen LogP contribution in [0.15, 0.2) is 42.5 Å². The minimum atomic E-state index is -0.192. The second kappa shape index (κ2) is 7.95. The number of rotatable bonds is 7. The minimum absolute atomic E-state index is 0.0151. The fraction of sp³-hybridized carbons (Fsp3) is 0.318. The summed E-state index contributed by atoms with van der Waals surface area (Å²) in [7, 11) is 0. The lowest BCUT2D eigenvalue weighted by molar-refractivity contribution is -0.116. The predicted molar refractivity (Wildman–Crippen MR) is 110 cm³/mol. The molecule has 0 radical (unpaired) electrons. The monoisotopic (exact) mass is 389 g/mol. The van der Waals surface area contributed by atoms with E-state index < -0.39 is 0 Å². The molecule has 1 N–H and O–H groups in total. The molecule has 7 nitrogen and oxygen atoms in total. The molecule has 0 unspecified atom stereocenters. The second-order valence-corrected chi connectivity index (χ2v) is 7.55. The van der Waals surface area contributed by atoms with E-state index in [-0.39, 0.29) is 24.5 Å². The maximum Gasteiger partial charge on any atom is 0.224 e. The Morgan fingerprint density at radius 3 is 2.72 bits per heavy atom. The van der Waals surface area contributed by atoms with Crippen LogP contribution >= 0.6 is 0 Å². The van der Waals surface area contributed by atoms with Crippen LogP contribution in [0.3, 0.4) is 0 Å². The number of hydrogen-bond donors (Lipinski definition) is 1. The van der Waals surface area contributed by atoms with E-state index in [1.807, 2.05) is 61.0 Å². The van der Waals surface area contributed by atoms with E-state index in [1.165, 1.54) is 0 Å². The molecule has 0 bridgehead atoms. The molecule has 29 heavy (non-hydrogen) atoms. The maximum atomic E-state index is 12.5. The highest BCUT2D eigenvalue weighted by Crippen LogP contribution is 2.36.